The molecular formula is C30H30N2O6S. The summed E-state index contributed by atoms with van der Waals surface area (Å²) in [6.45, 7) is 4.28. The van der Waals surface area contributed by atoms with E-state index >= 15 is 0 Å². The van der Waals surface area contributed by atoms with Crippen LogP contribution in [0.2, 0.25) is 0 Å². The Labute approximate surface area is 231 Å². The van der Waals surface area contributed by atoms with Crippen molar-refractivity contribution in [3.05, 3.63) is 93.7 Å². The number of aryl methyl sites for hydroxylation is 1. The minimum atomic E-state index is -0.985. The van der Waals surface area contributed by atoms with Crippen molar-refractivity contribution in [3.63, 3.8) is 0 Å². The summed E-state index contributed by atoms with van der Waals surface area (Å²) < 4.78 is 10.8. The van der Waals surface area contributed by atoms with E-state index in [2.05, 4.69) is 11.9 Å². The van der Waals surface area contributed by atoms with Crippen LogP contribution in [0.5, 0.6) is 5.75 Å². The van der Waals surface area contributed by atoms with E-state index in [0.717, 1.165) is 36.2 Å². The van der Waals surface area contributed by atoms with E-state index in [-0.39, 0.29) is 15.6 Å². The van der Waals surface area contributed by atoms with Gasteiger partial charge in [0.2, 0.25) is 0 Å². The first-order valence-electron chi connectivity index (χ1n) is 12.7. The van der Waals surface area contributed by atoms with Crippen LogP contribution in [-0.4, -0.2) is 41.5 Å². The molecule has 9 heteroatoms. The van der Waals surface area contributed by atoms with E-state index in [1.165, 1.54) is 18.1 Å². The fourth-order valence-corrected chi connectivity index (χ4v) is 5.29. The molecule has 0 aliphatic carbocycles. The van der Waals surface area contributed by atoms with Crippen molar-refractivity contribution in [2.24, 2.45) is 0 Å². The van der Waals surface area contributed by atoms with Gasteiger partial charge in [-0.05, 0) is 42.7 Å². The molecule has 1 aliphatic rings. The van der Waals surface area contributed by atoms with Gasteiger partial charge in [-0.3, -0.25) is 14.5 Å². The summed E-state index contributed by atoms with van der Waals surface area (Å²) in [4.78, 5) is 45.1. The standard InChI is InChI=1S/C30H30N2O6S/c1-4-5-9-17-38-22-14-10-13-21(18-22)25-24(23(33)16-15-20-11-7-6-8-12-20)26(34)28(35)32(25)30-31-19(2)27(39-30)29(36)37-3/h6-8,10-16,18,25,34H,4-5,9,17H2,1-3H3. The van der Waals surface area contributed by atoms with E-state index < -0.39 is 29.5 Å². The lowest BCUT2D eigenvalue weighted by Gasteiger charge is -2.24. The number of benzene rings is 2. The Morgan fingerprint density at radius 2 is 1.90 bits per heavy atom. The number of hydrogen-bond acceptors (Lipinski definition) is 8. The van der Waals surface area contributed by atoms with Crippen molar-refractivity contribution < 1.29 is 29.0 Å². The number of carbonyl (C=O) groups excluding carboxylic acids is 3. The lowest BCUT2D eigenvalue weighted by molar-refractivity contribution is -0.117. The van der Waals surface area contributed by atoms with Gasteiger partial charge in [0.05, 0.1) is 31.0 Å². The van der Waals surface area contributed by atoms with Crippen LogP contribution in [-0.2, 0) is 14.3 Å². The van der Waals surface area contributed by atoms with Crippen LogP contribution in [0, 0.1) is 6.92 Å². The second-order valence-corrected chi connectivity index (χ2v) is 9.96. The number of aliphatic hydroxyl groups excluding tert-OH is 1. The number of allylic oxidation sites excluding steroid dienone is 1. The van der Waals surface area contributed by atoms with Crippen LogP contribution in [0.15, 0.2) is 72.0 Å². The average molecular weight is 547 g/mol. The summed E-state index contributed by atoms with van der Waals surface area (Å²) in [5.41, 5.74) is 1.65. The predicted octanol–water partition coefficient (Wildman–Crippen LogP) is 5.99. The summed E-state index contributed by atoms with van der Waals surface area (Å²) in [5, 5.41) is 11.1. The van der Waals surface area contributed by atoms with Crippen LogP contribution in [0.25, 0.3) is 6.08 Å². The van der Waals surface area contributed by atoms with Crippen molar-refractivity contribution in [2.75, 3.05) is 18.6 Å². The number of carbonyl (C=O) groups is 3. The maximum absolute atomic E-state index is 13.5. The van der Waals surface area contributed by atoms with Crippen molar-refractivity contribution in [1.29, 1.82) is 0 Å². The zero-order valence-electron chi connectivity index (χ0n) is 22.0. The van der Waals surface area contributed by atoms with Crippen molar-refractivity contribution in [3.8, 4) is 5.75 Å². The number of rotatable bonds is 11. The molecule has 1 aromatic heterocycles. The number of hydrogen-bond donors (Lipinski definition) is 1. The molecule has 0 radical (unpaired) electrons. The summed E-state index contributed by atoms with van der Waals surface area (Å²) in [7, 11) is 1.26. The molecule has 0 saturated heterocycles. The van der Waals surface area contributed by atoms with Gasteiger partial charge in [-0.15, -0.1) is 0 Å². The molecule has 3 aromatic rings. The third-order valence-electron chi connectivity index (χ3n) is 6.25. The SMILES string of the molecule is CCCCCOc1cccc(C2C(C(=O)C=Cc3ccccc3)=C(O)C(=O)N2c2nc(C)c(C(=O)OC)s2)c1. The van der Waals surface area contributed by atoms with Crippen LogP contribution in [0.3, 0.4) is 0 Å². The van der Waals surface area contributed by atoms with Gasteiger partial charge < -0.3 is 14.6 Å². The Morgan fingerprint density at radius 1 is 1.13 bits per heavy atom. The van der Waals surface area contributed by atoms with E-state index in [4.69, 9.17) is 9.47 Å². The first-order valence-corrected chi connectivity index (χ1v) is 13.5. The third-order valence-corrected chi connectivity index (χ3v) is 7.39. The monoisotopic (exact) mass is 546 g/mol. The number of aliphatic hydroxyl groups is 1. The molecule has 0 saturated carbocycles. The van der Waals surface area contributed by atoms with E-state index in [9.17, 15) is 19.5 Å². The van der Waals surface area contributed by atoms with Crippen LogP contribution < -0.4 is 9.64 Å². The molecule has 1 aliphatic heterocycles. The number of anilines is 1. The van der Waals surface area contributed by atoms with Gasteiger partial charge in [-0.1, -0.05) is 79.6 Å². The van der Waals surface area contributed by atoms with Crippen molar-refractivity contribution in [2.45, 2.75) is 39.2 Å². The lowest BCUT2D eigenvalue weighted by Crippen LogP contribution is -2.30. The zero-order chi connectivity index (χ0) is 27.9. The van der Waals surface area contributed by atoms with Gasteiger partial charge in [-0.25, -0.2) is 9.78 Å². The highest BCUT2D eigenvalue weighted by molar-refractivity contribution is 7.17. The first-order chi connectivity index (χ1) is 18.8. The molecule has 0 spiro atoms. The highest BCUT2D eigenvalue weighted by Gasteiger charge is 2.45. The summed E-state index contributed by atoms with van der Waals surface area (Å²) in [6, 6.07) is 15.4. The fraction of sp³-hybridized carbons (Fsp3) is 0.267. The Balaban J connectivity index is 1.76. The zero-order valence-corrected chi connectivity index (χ0v) is 22.9. The second kappa shape index (κ2) is 12.5. The number of nitrogens with zero attached hydrogens (tertiary/aromatic N) is 2. The Morgan fingerprint density at radius 3 is 2.62 bits per heavy atom. The molecule has 202 valence electrons. The highest BCUT2D eigenvalue weighted by Crippen LogP contribution is 2.43. The molecule has 2 heterocycles. The van der Waals surface area contributed by atoms with Crippen molar-refractivity contribution in [1.82, 2.24) is 4.98 Å². The van der Waals surface area contributed by atoms with Gasteiger partial charge in [-0.2, -0.15) is 0 Å². The molecule has 1 unspecified atom stereocenters. The number of ether oxygens (including phenoxy) is 2. The van der Waals surface area contributed by atoms with Gasteiger partial charge >= 0.3 is 5.97 Å². The topological polar surface area (TPSA) is 106 Å². The predicted molar refractivity (Wildman–Crippen MR) is 150 cm³/mol. The van der Waals surface area contributed by atoms with Crippen molar-refractivity contribution >= 4 is 40.2 Å². The maximum atomic E-state index is 13.5. The summed E-state index contributed by atoms with van der Waals surface area (Å²) >= 11 is 0.962. The highest BCUT2D eigenvalue weighted by atomic mass is 32.1. The molecule has 8 nitrogen and oxygen atoms in total. The molecule has 1 atom stereocenters. The van der Waals surface area contributed by atoms with Gasteiger partial charge in [0, 0.05) is 0 Å². The lowest BCUT2D eigenvalue weighted by atomic mass is 9.95. The number of unbranched alkanes of at least 4 members (excludes halogenated alkanes) is 2. The minimum absolute atomic E-state index is 0.0808. The smallest absolute Gasteiger partial charge is 0.350 e. The molecule has 1 N–H and O–H groups in total. The Hall–Kier alpha value is -4.24. The minimum Gasteiger partial charge on any atom is -0.503 e. The fourth-order valence-electron chi connectivity index (χ4n) is 4.28. The summed E-state index contributed by atoms with van der Waals surface area (Å²) in [6.07, 6.45) is 5.97. The maximum Gasteiger partial charge on any atom is 0.350 e. The van der Waals surface area contributed by atoms with E-state index in [0.29, 0.717) is 23.6 Å². The van der Waals surface area contributed by atoms with Crippen LogP contribution in [0.4, 0.5) is 5.13 Å². The van der Waals surface area contributed by atoms with E-state index in [1.807, 2.05) is 30.3 Å². The summed E-state index contributed by atoms with van der Waals surface area (Å²) in [5.74, 6) is -1.96. The molecule has 1 amide bonds. The normalized spacial score (nSPS) is 15.3. The Bertz CT molecular complexity index is 1430. The molecule has 0 bridgehead atoms. The van der Waals surface area contributed by atoms with E-state index in [1.54, 1.807) is 37.3 Å². The number of thiazole rings is 1. The number of esters is 1. The second-order valence-electron chi connectivity index (χ2n) is 8.98. The molecule has 0 fully saturated rings. The first kappa shape index (κ1) is 27.8. The Kier molecular flexibility index (Phi) is 8.93. The number of ketones is 1. The van der Waals surface area contributed by atoms with Gasteiger partial charge in [0.25, 0.3) is 5.91 Å². The average Bonchev–Trinajstić information content (AvgIpc) is 3.46. The molecular weight excluding hydrogens is 516 g/mol. The molecule has 2 aromatic carbocycles. The number of methoxy groups -OCH3 is 1. The molecule has 39 heavy (non-hydrogen) atoms. The molecule has 4 rings (SSSR count). The number of aromatic nitrogens is 1. The van der Waals surface area contributed by atoms with Gasteiger partial charge in [0.1, 0.15) is 10.6 Å². The van der Waals surface area contributed by atoms with Gasteiger partial charge in [0.15, 0.2) is 16.7 Å². The van der Waals surface area contributed by atoms with Crippen LogP contribution >= 0.6 is 11.3 Å². The largest absolute Gasteiger partial charge is 0.503 e. The number of amides is 1. The quantitative estimate of drug-likeness (QED) is 0.179. The third kappa shape index (κ3) is 6.09. The van der Waals surface area contributed by atoms with Crippen LogP contribution in [0.1, 0.15) is 58.7 Å².